The molecule has 0 aliphatic rings. The highest BCUT2D eigenvalue weighted by atomic mass is 16.4. The van der Waals surface area contributed by atoms with Crippen LogP contribution in [0, 0.1) is 13.0 Å². The summed E-state index contributed by atoms with van der Waals surface area (Å²) in [6.07, 6.45) is 0.915. The number of hydrogen-bond donors (Lipinski definition) is 1. The fourth-order valence-electron chi connectivity index (χ4n) is 2.13. The molecule has 2 rings (SSSR count). The van der Waals surface area contributed by atoms with Gasteiger partial charge in [0.1, 0.15) is 5.69 Å². The van der Waals surface area contributed by atoms with E-state index in [9.17, 15) is 9.90 Å². The smallest absolute Gasteiger partial charge is 0.352 e. The van der Waals surface area contributed by atoms with Gasteiger partial charge in [-0.05, 0) is 31.0 Å². The molecule has 0 amide bonds. The van der Waals surface area contributed by atoms with Crippen LogP contribution in [-0.4, -0.2) is 15.6 Å². The molecule has 0 saturated heterocycles. The summed E-state index contributed by atoms with van der Waals surface area (Å²) >= 11 is 0. The first-order chi connectivity index (χ1) is 7.66. The van der Waals surface area contributed by atoms with E-state index in [2.05, 4.69) is 6.07 Å². The summed E-state index contributed by atoms with van der Waals surface area (Å²) in [4.78, 5) is 11.3. The minimum Gasteiger partial charge on any atom is -0.477 e. The van der Waals surface area contributed by atoms with Crippen LogP contribution in [0.2, 0.25) is 0 Å². The van der Waals surface area contributed by atoms with Crippen molar-refractivity contribution in [1.29, 1.82) is 0 Å². The summed E-state index contributed by atoms with van der Waals surface area (Å²) in [6, 6.07) is 8.76. The maximum atomic E-state index is 11.3. The largest absolute Gasteiger partial charge is 0.477 e. The van der Waals surface area contributed by atoms with Crippen LogP contribution in [0.15, 0.2) is 18.2 Å². The van der Waals surface area contributed by atoms with Crippen LogP contribution in [0.3, 0.4) is 0 Å². The van der Waals surface area contributed by atoms with Crippen LogP contribution in [0.1, 0.15) is 29.4 Å². The lowest BCUT2D eigenvalue weighted by Crippen LogP contribution is -2.09. The van der Waals surface area contributed by atoms with Crippen LogP contribution in [-0.2, 0) is 6.54 Å². The Labute approximate surface area is 94.3 Å². The van der Waals surface area contributed by atoms with Gasteiger partial charge in [0.2, 0.25) is 0 Å². The number of nitrogens with zero attached hydrogens (tertiary/aromatic N) is 1. The van der Waals surface area contributed by atoms with Crippen LogP contribution < -0.4 is 0 Å². The van der Waals surface area contributed by atoms with Gasteiger partial charge < -0.3 is 9.67 Å². The van der Waals surface area contributed by atoms with Gasteiger partial charge in [0.05, 0.1) is 0 Å². The zero-order chi connectivity index (χ0) is 11.7. The number of aryl methyl sites for hydroxylation is 2. The second-order valence-corrected chi connectivity index (χ2v) is 3.86. The summed E-state index contributed by atoms with van der Waals surface area (Å²) in [5, 5.41) is 10.1. The standard InChI is InChI=1S/C13H14NO2/c1-3-8-14-11-7-5-4-6-10(11)9(2)12(14)13(15)16/h4-5,7H,3,8H2,1-2H3,(H,15,16). The van der Waals surface area contributed by atoms with Gasteiger partial charge in [0.15, 0.2) is 0 Å². The number of benzene rings is 1. The van der Waals surface area contributed by atoms with E-state index >= 15 is 0 Å². The van der Waals surface area contributed by atoms with Gasteiger partial charge in [-0.3, -0.25) is 0 Å². The highest BCUT2D eigenvalue weighted by Crippen LogP contribution is 2.25. The number of hydrogen-bond acceptors (Lipinski definition) is 1. The minimum absolute atomic E-state index is 0.388. The van der Waals surface area contributed by atoms with Crippen LogP contribution in [0.25, 0.3) is 10.9 Å². The Bertz CT molecular complexity index is 540. The fourth-order valence-corrected chi connectivity index (χ4v) is 2.13. The molecule has 1 radical (unpaired) electrons. The van der Waals surface area contributed by atoms with Crippen molar-refractivity contribution in [2.75, 3.05) is 0 Å². The molecule has 0 atom stereocenters. The number of carboxylic acid groups (broad SMARTS) is 1. The molecule has 1 aromatic heterocycles. The predicted molar refractivity (Wildman–Crippen MR) is 62.8 cm³/mol. The SMILES string of the molecule is CCCn1c(C(=O)O)c(C)c2[c]cccc21. The van der Waals surface area contributed by atoms with Crippen molar-refractivity contribution in [3.63, 3.8) is 0 Å². The molecule has 0 fully saturated rings. The normalized spacial score (nSPS) is 10.9. The number of aromatic nitrogens is 1. The van der Waals surface area contributed by atoms with Crippen molar-refractivity contribution in [3.05, 3.63) is 35.5 Å². The Balaban J connectivity index is 2.80. The number of carboxylic acids is 1. The van der Waals surface area contributed by atoms with Crippen molar-refractivity contribution in [3.8, 4) is 0 Å². The van der Waals surface area contributed by atoms with Crippen molar-refractivity contribution in [1.82, 2.24) is 4.57 Å². The van der Waals surface area contributed by atoms with Gasteiger partial charge in [-0.15, -0.1) is 0 Å². The molecular formula is C13H14NO2. The maximum absolute atomic E-state index is 11.3. The average molecular weight is 216 g/mol. The van der Waals surface area contributed by atoms with E-state index < -0.39 is 5.97 Å². The van der Waals surface area contributed by atoms with E-state index in [1.54, 1.807) is 0 Å². The molecule has 3 heteroatoms. The first kappa shape index (κ1) is 10.7. The monoisotopic (exact) mass is 216 g/mol. The van der Waals surface area contributed by atoms with Crippen molar-refractivity contribution >= 4 is 16.9 Å². The van der Waals surface area contributed by atoms with Crippen LogP contribution >= 0.6 is 0 Å². The van der Waals surface area contributed by atoms with E-state index in [-0.39, 0.29) is 0 Å². The van der Waals surface area contributed by atoms with Crippen molar-refractivity contribution in [2.45, 2.75) is 26.8 Å². The summed E-state index contributed by atoms with van der Waals surface area (Å²) in [7, 11) is 0. The van der Waals surface area contributed by atoms with Gasteiger partial charge in [-0.2, -0.15) is 0 Å². The second kappa shape index (κ2) is 4.00. The molecule has 2 aromatic rings. The minimum atomic E-state index is -0.865. The van der Waals surface area contributed by atoms with Crippen molar-refractivity contribution < 1.29 is 9.90 Å². The van der Waals surface area contributed by atoms with E-state index in [1.165, 1.54) is 0 Å². The lowest BCUT2D eigenvalue weighted by Gasteiger charge is -2.06. The third kappa shape index (κ3) is 1.48. The summed E-state index contributed by atoms with van der Waals surface area (Å²) < 4.78 is 1.86. The Morgan fingerprint density at radius 3 is 2.94 bits per heavy atom. The van der Waals surface area contributed by atoms with Gasteiger partial charge in [-0.25, -0.2) is 4.79 Å². The van der Waals surface area contributed by atoms with Gasteiger partial charge in [-0.1, -0.05) is 19.1 Å². The Morgan fingerprint density at radius 2 is 2.31 bits per heavy atom. The highest BCUT2D eigenvalue weighted by Gasteiger charge is 2.18. The number of fused-ring (bicyclic) bond motifs is 1. The lowest BCUT2D eigenvalue weighted by atomic mass is 10.1. The molecule has 1 heterocycles. The van der Waals surface area contributed by atoms with Gasteiger partial charge in [0, 0.05) is 17.4 Å². The average Bonchev–Trinajstić information content (AvgIpc) is 2.54. The van der Waals surface area contributed by atoms with Crippen molar-refractivity contribution in [2.24, 2.45) is 0 Å². The number of aromatic carboxylic acids is 1. The predicted octanol–water partition coefficient (Wildman–Crippen LogP) is 2.86. The van der Waals surface area contributed by atoms with Gasteiger partial charge >= 0.3 is 5.97 Å². The first-order valence-electron chi connectivity index (χ1n) is 5.39. The van der Waals surface area contributed by atoms with E-state index in [4.69, 9.17) is 0 Å². The molecule has 1 N–H and O–H groups in total. The topological polar surface area (TPSA) is 42.2 Å². The molecule has 0 aliphatic heterocycles. The molecule has 3 nitrogen and oxygen atoms in total. The molecule has 1 aromatic carbocycles. The molecule has 0 bridgehead atoms. The second-order valence-electron chi connectivity index (χ2n) is 3.86. The summed E-state index contributed by atoms with van der Waals surface area (Å²) in [5.74, 6) is -0.865. The molecule has 16 heavy (non-hydrogen) atoms. The van der Waals surface area contributed by atoms with Crippen LogP contribution in [0.4, 0.5) is 0 Å². The highest BCUT2D eigenvalue weighted by molar-refractivity contribution is 5.97. The molecular weight excluding hydrogens is 202 g/mol. The maximum Gasteiger partial charge on any atom is 0.352 e. The summed E-state index contributed by atoms with van der Waals surface area (Å²) in [5.41, 5.74) is 2.15. The molecule has 83 valence electrons. The third-order valence-electron chi connectivity index (χ3n) is 2.77. The zero-order valence-corrected chi connectivity index (χ0v) is 9.45. The van der Waals surface area contributed by atoms with E-state index in [0.717, 1.165) is 29.4 Å². The summed E-state index contributed by atoms with van der Waals surface area (Å²) in [6.45, 7) is 4.61. The molecule has 0 saturated carbocycles. The van der Waals surface area contributed by atoms with E-state index in [1.807, 2.05) is 36.6 Å². The Kier molecular flexibility index (Phi) is 2.69. The van der Waals surface area contributed by atoms with E-state index in [0.29, 0.717) is 5.69 Å². The molecule has 0 spiro atoms. The number of carbonyl (C=O) groups is 1. The molecule has 0 unspecified atom stereocenters. The zero-order valence-electron chi connectivity index (χ0n) is 9.45. The third-order valence-corrected chi connectivity index (χ3v) is 2.77. The first-order valence-corrected chi connectivity index (χ1v) is 5.39. The quantitative estimate of drug-likeness (QED) is 0.857. The fraction of sp³-hybridized carbons (Fsp3) is 0.308. The Hall–Kier alpha value is -1.77. The lowest BCUT2D eigenvalue weighted by molar-refractivity contribution is 0.0684. The van der Waals surface area contributed by atoms with Gasteiger partial charge in [0.25, 0.3) is 0 Å². The molecule has 0 aliphatic carbocycles. The Morgan fingerprint density at radius 1 is 1.56 bits per heavy atom. The van der Waals surface area contributed by atoms with Crippen LogP contribution in [0.5, 0.6) is 0 Å². The number of rotatable bonds is 3.